The van der Waals surface area contributed by atoms with Gasteiger partial charge in [-0.3, -0.25) is 0 Å². The van der Waals surface area contributed by atoms with Crippen molar-refractivity contribution in [3.63, 3.8) is 0 Å². The van der Waals surface area contributed by atoms with Gasteiger partial charge in [0.15, 0.2) is 0 Å². The van der Waals surface area contributed by atoms with Crippen LogP contribution in [0.3, 0.4) is 0 Å². The van der Waals surface area contributed by atoms with Crippen molar-refractivity contribution in [2.45, 2.75) is 0 Å². The van der Waals surface area contributed by atoms with Gasteiger partial charge >= 0.3 is 0 Å². The highest BCUT2D eigenvalue weighted by Gasteiger charge is 2.20. The summed E-state index contributed by atoms with van der Waals surface area (Å²) in [5.41, 5.74) is -2.04. The molecule has 0 fully saturated rings. The summed E-state index contributed by atoms with van der Waals surface area (Å²) in [6, 6.07) is -9.70. The molecule has 0 saturated heterocycles. The zero-order chi connectivity index (χ0) is 47.5. The van der Waals surface area contributed by atoms with Crippen LogP contribution in [0.2, 0.25) is 0 Å². The zero-order valence-corrected chi connectivity index (χ0v) is 21.7. The molecule has 9 rings (SSSR count). The summed E-state index contributed by atoms with van der Waals surface area (Å²) in [7, 11) is 0. The lowest BCUT2D eigenvalue weighted by molar-refractivity contribution is 0.669. The summed E-state index contributed by atoms with van der Waals surface area (Å²) in [5, 5.41) is -2.82. The van der Waals surface area contributed by atoms with E-state index in [0.717, 1.165) is 0 Å². The minimum Gasteiger partial charge on any atom is -0.456 e. The Bertz CT molecular complexity index is 3640. The van der Waals surface area contributed by atoms with Crippen molar-refractivity contribution in [3.8, 4) is 33.4 Å². The fourth-order valence-electron chi connectivity index (χ4n) is 5.44. The molecule has 1 heterocycles. The van der Waals surface area contributed by atoms with Crippen molar-refractivity contribution in [3.05, 3.63) is 157 Å². The summed E-state index contributed by atoms with van der Waals surface area (Å²) >= 11 is 0. The highest BCUT2D eigenvalue weighted by atomic mass is 16.3. The topological polar surface area (TPSA) is 13.1 Å². The first-order valence-corrected chi connectivity index (χ1v) is 13.0. The molecule has 0 N–H and O–H groups in total. The average Bonchev–Trinajstić information content (AvgIpc) is 3.69. The molecule has 43 heavy (non-hydrogen) atoms. The van der Waals surface area contributed by atoms with Gasteiger partial charge in [-0.25, -0.2) is 0 Å². The third-order valence-electron chi connectivity index (χ3n) is 7.29. The van der Waals surface area contributed by atoms with Crippen LogP contribution in [-0.4, -0.2) is 0 Å². The SMILES string of the molecule is [2H]c1c([2H])c([2H])c2c(oc3c([2H])c([2H])c([2H])c(-c4c5c([2H])c([2H])c([2H])c([2H])c5c(-c5ccc(-c6c([2H])c([2H])c7c([2H])c([2H])c([2H])c([2H])c7c6[2H])cc5)c5c([2H])c([2H])c([2H])c([2H])c45)c32)c1[2H]. The monoisotopic (exact) mass is 568 g/mol. The van der Waals surface area contributed by atoms with E-state index in [0.29, 0.717) is 0 Å². The van der Waals surface area contributed by atoms with Gasteiger partial charge in [-0.15, -0.1) is 0 Å². The van der Waals surface area contributed by atoms with E-state index in [9.17, 15) is 6.85 Å². The standard InChI is InChI=1S/C42H26O/c1-2-11-30-26-31(25-22-27(30)10-1)28-20-23-29(24-21-28)40-32-12-3-5-14-34(32)41(35-15-6-4-13-33(35)40)37-17-9-19-39-42(37)36-16-7-8-18-38(36)43-39/h1-26H/i1D,2D,3D,4D,5D,6D,7D,8D,9D,10D,11D,12D,13D,14D,15D,16D,17D,18D,19D,22D,25D,26D. The second-order valence-electron chi connectivity index (χ2n) is 9.59. The minimum absolute atomic E-state index is 0.0685. The molecule has 0 bridgehead atoms. The minimum atomic E-state index is -0.804. The van der Waals surface area contributed by atoms with Gasteiger partial charge in [0.25, 0.3) is 0 Å². The van der Waals surface area contributed by atoms with Crippen LogP contribution in [0.15, 0.2) is 162 Å². The van der Waals surface area contributed by atoms with E-state index >= 15 is 0 Å². The van der Waals surface area contributed by atoms with Gasteiger partial charge in [0, 0.05) is 10.8 Å². The maximum absolute atomic E-state index is 9.36. The molecular formula is C42H26O. The highest BCUT2D eigenvalue weighted by molar-refractivity contribution is 6.25. The summed E-state index contributed by atoms with van der Waals surface area (Å²) in [5.74, 6) is 0. The Balaban J connectivity index is 1.49. The second-order valence-corrected chi connectivity index (χ2v) is 9.59. The van der Waals surface area contributed by atoms with Crippen molar-refractivity contribution in [2.75, 3.05) is 0 Å². The van der Waals surface area contributed by atoms with Crippen LogP contribution in [0.25, 0.3) is 87.6 Å². The first kappa shape index (κ1) is 10.9. The van der Waals surface area contributed by atoms with E-state index in [1.165, 1.54) is 24.3 Å². The molecule has 200 valence electrons. The van der Waals surface area contributed by atoms with Gasteiger partial charge < -0.3 is 4.42 Å². The molecule has 0 aliphatic rings. The molecule has 0 spiro atoms. The van der Waals surface area contributed by atoms with E-state index in [-0.39, 0.29) is 54.6 Å². The molecule has 0 aliphatic carbocycles. The maximum atomic E-state index is 9.36. The quantitative estimate of drug-likeness (QED) is 0.193. The van der Waals surface area contributed by atoms with Crippen LogP contribution in [-0.2, 0) is 0 Å². The van der Waals surface area contributed by atoms with E-state index in [1.807, 2.05) is 0 Å². The van der Waals surface area contributed by atoms with Gasteiger partial charge in [-0.05, 0) is 83.8 Å². The van der Waals surface area contributed by atoms with Crippen LogP contribution in [0.1, 0.15) is 30.2 Å². The molecule has 1 nitrogen and oxygen atoms in total. The molecule has 0 aliphatic heterocycles. The van der Waals surface area contributed by atoms with Crippen molar-refractivity contribution in [1.82, 2.24) is 0 Å². The summed E-state index contributed by atoms with van der Waals surface area (Å²) < 4.78 is 199. The largest absolute Gasteiger partial charge is 0.456 e. The molecule has 0 radical (unpaired) electrons. The molecule has 0 unspecified atom stereocenters. The Morgan fingerprint density at radius 3 is 1.67 bits per heavy atom. The predicted octanol–water partition coefficient (Wildman–Crippen LogP) is 12.0. The third kappa shape index (κ3) is 3.72. The Morgan fingerprint density at radius 1 is 0.395 bits per heavy atom. The van der Waals surface area contributed by atoms with Crippen LogP contribution < -0.4 is 0 Å². The molecular weight excluding hydrogens is 520 g/mol. The van der Waals surface area contributed by atoms with Crippen molar-refractivity contribution >= 4 is 54.3 Å². The van der Waals surface area contributed by atoms with Gasteiger partial charge in [-0.1, -0.05) is 139 Å². The number of rotatable bonds is 3. The third-order valence-corrected chi connectivity index (χ3v) is 7.29. The normalized spacial score (nSPS) is 18.9. The molecule has 8 aromatic carbocycles. The Labute approximate surface area is 280 Å². The van der Waals surface area contributed by atoms with E-state index in [1.54, 1.807) is 0 Å². The maximum Gasteiger partial charge on any atom is 0.136 e. The van der Waals surface area contributed by atoms with Crippen molar-refractivity contribution < 1.29 is 34.6 Å². The Hall–Kier alpha value is -5.66. The lowest BCUT2D eigenvalue weighted by Gasteiger charge is -2.18. The summed E-state index contributed by atoms with van der Waals surface area (Å²) in [4.78, 5) is 0. The van der Waals surface area contributed by atoms with Gasteiger partial charge in [0.1, 0.15) is 11.2 Å². The van der Waals surface area contributed by atoms with E-state index < -0.39 is 166 Å². The van der Waals surface area contributed by atoms with E-state index in [2.05, 4.69) is 0 Å². The fraction of sp³-hybridized carbons (Fsp3) is 0. The number of para-hydroxylation sites is 1. The lowest BCUT2D eigenvalue weighted by atomic mass is 9.84. The van der Waals surface area contributed by atoms with Crippen LogP contribution >= 0.6 is 0 Å². The first-order valence-electron chi connectivity index (χ1n) is 24.0. The first-order chi connectivity index (χ1) is 30.5. The number of hydrogen-bond donors (Lipinski definition) is 0. The summed E-state index contributed by atoms with van der Waals surface area (Å²) in [6.07, 6.45) is 0. The highest BCUT2D eigenvalue weighted by Crippen LogP contribution is 2.46. The molecule has 0 amide bonds. The van der Waals surface area contributed by atoms with E-state index in [4.69, 9.17) is 27.7 Å². The smallest absolute Gasteiger partial charge is 0.136 e. The Kier molecular flexibility index (Phi) is 2.39. The second kappa shape index (κ2) is 9.44. The van der Waals surface area contributed by atoms with Crippen molar-refractivity contribution in [2.24, 2.45) is 0 Å². The van der Waals surface area contributed by atoms with Crippen molar-refractivity contribution in [1.29, 1.82) is 0 Å². The number of furan rings is 1. The van der Waals surface area contributed by atoms with Crippen LogP contribution in [0.5, 0.6) is 0 Å². The van der Waals surface area contributed by atoms with Gasteiger partial charge in [0.05, 0.1) is 30.2 Å². The molecule has 0 saturated carbocycles. The molecule has 9 aromatic rings. The number of benzene rings is 8. The van der Waals surface area contributed by atoms with Crippen LogP contribution in [0, 0.1) is 0 Å². The number of fused-ring (bicyclic) bond motifs is 6. The Morgan fingerprint density at radius 2 is 0.953 bits per heavy atom. The molecule has 0 atom stereocenters. The zero-order valence-electron chi connectivity index (χ0n) is 43.7. The molecule has 1 aromatic heterocycles. The van der Waals surface area contributed by atoms with Crippen LogP contribution in [0.4, 0.5) is 0 Å². The number of hydrogen-bond acceptors (Lipinski definition) is 1. The lowest BCUT2D eigenvalue weighted by Crippen LogP contribution is -1.91. The average molecular weight is 569 g/mol. The predicted molar refractivity (Wildman–Crippen MR) is 183 cm³/mol. The molecule has 1 heteroatoms. The summed E-state index contributed by atoms with van der Waals surface area (Å²) in [6.45, 7) is 0. The van der Waals surface area contributed by atoms with Gasteiger partial charge in [0.2, 0.25) is 0 Å². The van der Waals surface area contributed by atoms with Gasteiger partial charge in [-0.2, -0.15) is 0 Å². The fourth-order valence-corrected chi connectivity index (χ4v) is 5.44.